The smallest absolute Gasteiger partial charge is 0.369 e. The fourth-order valence-corrected chi connectivity index (χ4v) is 7.00. The molecule has 1 fully saturated rings. The van der Waals surface area contributed by atoms with Gasteiger partial charge in [-0.15, -0.1) is 0 Å². The lowest BCUT2D eigenvalue weighted by atomic mass is 9.82. The molecule has 51 heavy (non-hydrogen) atoms. The lowest BCUT2D eigenvalue weighted by Crippen LogP contribution is -2.54. The van der Waals surface area contributed by atoms with E-state index in [4.69, 9.17) is 5.73 Å². The number of carbonyl (C=O) groups is 3. The molecule has 3 amide bonds. The second kappa shape index (κ2) is 15.4. The van der Waals surface area contributed by atoms with Gasteiger partial charge < -0.3 is 20.9 Å². The summed E-state index contributed by atoms with van der Waals surface area (Å²) in [6, 6.07) is 28.6. The Morgan fingerprint density at radius 3 is 2.20 bits per heavy atom. The Kier molecular flexibility index (Phi) is 10.8. The number of alkyl halides is 3. The third-order valence-electron chi connectivity index (χ3n) is 9.93. The lowest BCUT2D eigenvalue weighted by Gasteiger charge is -2.29. The number of halogens is 3. The standard InChI is InChI=1S/C41H43F3N4O3/c1-2-3-14-33(38(45)49)34(24-27-17-18-27)39(50)46-35-26-47(32-12-5-4-6-13-32)36-15-7-8-16-37(36)48(40(35)51)25-28-10-9-11-30(23-28)29-19-21-31(22-20-29)41(42,43)44/h4-13,15-16,19-23,27,33-35H,2-3,14,17-18,24-26H2,1H3,(H2,45,49)(H,46,50). The zero-order valence-corrected chi connectivity index (χ0v) is 28.6. The maximum absolute atomic E-state index is 14.7. The van der Waals surface area contributed by atoms with Crippen molar-refractivity contribution >= 4 is 34.8 Å². The number of benzene rings is 4. The Labute approximate surface area is 296 Å². The summed E-state index contributed by atoms with van der Waals surface area (Å²) in [5.74, 6) is -2.07. The van der Waals surface area contributed by atoms with Gasteiger partial charge in [-0.05, 0) is 77.9 Å². The second-order valence-electron chi connectivity index (χ2n) is 13.6. The maximum atomic E-state index is 14.7. The second-order valence-corrected chi connectivity index (χ2v) is 13.6. The van der Waals surface area contributed by atoms with Gasteiger partial charge in [-0.3, -0.25) is 14.4 Å². The van der Waals surface area contributed by atoms with Gasteiger partial charge in [0, 0.05) is 17.5 Å². The normalized spacial score (nSPS) is 17.3. The molecule has 6 rings (SSSR count). The molecule has 0 saturated heterocycles. The van der Waals surface area contributed by atoms with Crippen LogP contribution >= 0.6 is 0 Å². The van der Waals surface area contributed by atoms with E-state index in [2.05, 4.69) is 5.32 Å². The molecular weight excluding hydrogens is 653 g/mol. The largest absolute Gasteiger partial charge is 0.416 e. The zero-order valence-electron chi connectivity index (χ0n) is 28.6. The number of para-hydroxylation sites is 3. The highest BCUT2D eigenvalue weighted by Gasteiger charge is 2.41. The summed E-state index contributed by atoms with van der Waals surface area (Å²) in [6.07, 6.45) is 0.256. The third kappa shape index (κ3) is 8.44. The number of nitrogens with two attached hydrogens (primary N) is 1. The van der Waals surface area contributed by atoms with Crippen LogP contribution in [0.4, 0.5) is 30.2 Å². The summed E-state index contributed by atoms with van der Waals surface area (Å²) in [7, 11) is 0. The first-order valence-corrected chi connectivity index (χ1v) is 17.6. The van der Waals surface area contributed by atoms with Gasteiger partial charge >= 0.3 is 6.18 Å². The van der Waals surface area contributed by atoms with E-state index in [1.54, 1.807) is 4.90 Å². The van der Waals surface area contributed by atoms with Crippen molar-refractivity contribution in [2.24, 2.45) is 23.5 Å². The van der Waals surface area contributed by atoms with Crippen molar-refractivity contribution in [2.45, 2.75) is 64.2 Å². The predicted octanol–water partition coefficient (Wildman–Crippen LogP) is 8.25. The van der Waals surface area contributed by atoms with Crippen LogP contribution in [0.2, 0.25) is 0 Å². The molecule has 4 aromatic rings. The fraction of sp³-hybridized carbons (Fsp3) is 0.341. The quantitative estimate of drug-likeness (QED) is 0.147. The van der Waals surface area contributed by atoms with Gasteiger partial charge in [0.05, 0.1) is 30.0 Å². The minimum atomic E-state index is -4.44. The Balaban J connectivity index is 1.35. The zero-order chi connectivity index (χ0) is 36.1. The lowest BCUT2D eigenvalue weighted by molar-refractivity contribution is -0.137. The molecule has 1 aliphatic carbocycles. The number of amides is 3. The van der Waals surface area contributed by atoms with E-state index in [1.165, 1.54) is 12.1 Å². The highest BCUT2D eigenvalue weighted by Crippen LogP contribution is 2.41. The first kappa shape index (κ1) is 35.7. The average molecular weight is 697 g/mol. The van der Waals surface area contributed by atoms with Crippen LogP contribution < -0.4 is 20.9 Å². The topological polar surface area (TPSA) is 95.7 Å². The SMILES string of the molecule is CCCCC(C(N)=O)C(CC1CC1)C(=O)NC1CN(c2ccccc2)c2ccccc2N(Cc2cccc(-c3ccc(C(F)(F)F)cc3)c2)C1=O. The van der Waals surface area contributed by atoms with Gasteiger partial charge in [0.2, 0.25) is 11.8 Å². The Morgan fingerprint density at radius 2 is 1.55 bits per heavy atom. The number of primary amides is 1. The summed E-state index contributed by atoms with van der Waals surface area (Å²) < 4.78 is 39.7. The van der Waals surface area contributed by atoms with Crippen molar-refractivity contribution in [1.82, 2.24) is 5.32 Å². The van der Waals surface area contributed by atoms with Crippen molar-refractivity contribution in [3.8, 4) is 11.1 Å². The Hall–Kier alpha value is -5.12. The molecule has 1 heterocycles. The van der Waals surface area contributed by atoms with Gasteiger partial charge in [0.1, 0.15) is 6.04 Å². The van der Waals surface area contributed by atoms with Crippen molar-refractivity contribution in [2.75, 3.05) is 16.3 Å². The van der Waals surface area contributed by atoms with Crippen molar-refractivity contribution < 1.29 is 27.6 Å². The maximum Gasteiger partial charge on any atom is 0.416 e. The van der Waals surface area contributed by atoms with E-state index in [9.17, 15) is 27.6 Å². The van der Waals surface area contributed by atoms with Crippen LogP contribution in [0, 0.1) is 17.8 Å². The van der Waals surface area contributed by atoms with Gasteiger partial charge in [0.15, 0.2) is 0 Å². The molecule has 2 aliphatic rings. The minimum Gasteiger partial charge on any atom is -0.369 e. The molecular formula is C41H43F3N4O3. The highest BCUT2D eigenvalue weighted by atomic mass is 19.4. The van der Waals surface area contributed by atoms with E-state index < -0.39 is 35.5 Å². The Morgan fingerprint density at radius 1 is 0.863 bits per heavy atom. The summed E-state index contributed by atoms with van der Waals surface area (Å²) >= 11 is 0. The summed E-state index contributed by atoms with van der Waals surface area (Å²) in [4.78, 5) is 45.4. The van der Waals surface area contributed by atoms with E-state index in [0.717, 1.165) is 54.8 Å². The molecule has 10 heteroatoms. The molecule has 0 aromatic heterocycles. The summed E-state index contributed by atoms with van der Waals surface area (Å²) in [6.45, 7) is 2.33. The number of rotatable bonds is 13. The number of hydrogen-bond acceptors (Lipinski definition) is 4. The first-order valence-electron chi connectivity index (χ1n) is 17.6. The number of carbonyl (C=O) groups excluding carboxylic acids is 3. The van der Waals surface area contributed by atoms with Crippen LogP contribution in [0.1, 0.15) is 56.6 Å². The molecule has 3 N–H and O–H groups in total. The molecule has 266 valence electrons. The predicted molar refractivity (Wildman–Crippen MR) is 193 cm³/mol. The van der Waals surface area contributed by atoms with Crippen molar-refractivity contribution in [3.63, 3.8) is 0 Å². The minimum absolute atomic E-state index is 0.144. The number of nitrogens with one attached hydrogen (secondary N) is 1. The molecule has 1 aliphatic heterocycles. The van der Waals surface area contributed by atoms with Crippen LogP contribution in [0.3, 0.4) is 0 Å². The number of fused-ring (bicyclic) bond motifs is 1. The van der Waals surface area contributed by atoms with E-state index in [1.807, 2.05) is 90.7 Å². The van der Waals surface area contributed by atoms with Crippen LogP contribution in [0.15, 0.2) is 103 Å². The van der Waals surface area contributed by atoms with Crippen LogP contribution in [-0.4, -0.2) is 30.3 Å². The van der Waals surface area contributed by atoms with Crippen molar-refractivity contribution in [1.29, 1.82) is 0 Å². The van der Waals surface area contributed by atoms with Crippen LogP contribution in [-0.2, 0) is 27.1 Å². The van der Waals surface area contributed by atoms with E-state index in [-0.39, 0.29) is 24.9 Å². The highest BCUT2D eigenvalue weighted by molar-refractivity contribution is 6.04. The number of hydrogen-bond donors (Lipinski definition) is 2. The third-order valence-corrected chi connectivity index (χ3v) is 9.93. The molecule has 0 bridgehead atoms. The van der Waals surface area contributed by atoms with Gasteiger partial charge in [0.25, 0.3) is 5.91 Å². The molecule has 0 radical (unpaired) electrons. The molecule has 3 unspecified atom stereocenters. The molecule has 0 spiro atoms. The first-order chi connectivity index (χ1) is 24.5. The summed E-state index contributed by atoms with van der Waals surface area (Å²) in [5.41, 5.74) is 9.51. The van der Waals surface area contributed by atoms with Crippen LogP contribution in [0.5, 0.6) is 0 Å². The summed E-state index contributed by atoms with van der Waals surface area (Å²) in [5, 5.41) is 3.09. The van der Waals surface area contributed by atoms with Gasteiger partial charge in [-0.25, -0.2) is 0 Å². The van der Waals surface area contributed by atoms with Gasteiger partial charge in [-0.2, -0.15) is 13.2 Å². The number of anilines is 3. The van der Waals surface area contributed by atoms with E-state index >= 15 is 0 Å². The number of nitrogens with zero attached hydrogens (tertiary/aromatic N) is 2. The van der Waals surface area contributed by atoms with Crippen LogP contribution in [0.25, 0.3) is 11.1 Å². The average Bonchev–Trinajstić information content (AvgIpc) is 3.97. The number of unbranched alkanes of at least 4 members (excludes halogenated alkanes) is 1. The molecule has 4 aromatic carbocycles. The monoisotopic (exact) mass is 696 g/mol. The molecule has 1 saturated carbocycles. The fourth-order valence-electron chi connectivity index (χ4n) is 7.00. The van der Waals surface area contributed by atoms with E-state index in [0.29, 0.717) is 35.6 Å². The molecule has 7 nitrogen and oxygen atoms in total. The van der Waals surface area contributed by atoms with Crippen molar-refractivity contribution in [3.05, 3.63) is 114 Å². The van der Waals surface area contributed by atoms with Gasteiger partial charge in [-0.1, -0.05) is 93.3 Å². The molecule has 3 atom stereocenters. The Bertz CT molecular complexity index is 1840.